The van der Waals surface area contributed by atoms with Gasteiger partial charge < -0.3 is 10.6 Å². The van der Waals surface area contributed by atoms with Crippen LogP contribution in [0.15, 0.2) is 23.8 Å². The zero-order valence-electron chi connectivity index (χ0n) is 19.2. The second-order valence-electron chi connectivity index (χ2n) is 8.74. The molecule has 0 aromatic rings. The van der Waals surface area contributed by atoms with Gasteiger partial charge in [-0.1, -0.05) is 79.0 Å². The van der Waals surface area contributed by atoms with E-state index in [9.17, 15) is 0 Å². The lowest BCUT2D eigenvalue weighted by atomic mass is 9.80. The second-order valence-corrected chi connectivity index (χ2v) is 8.74. The average molecular weight is 377 g/mol. The molecule has 27 heavy (non-hydrogen) atoms. The molecule has 0 aromatic heterocycles. The maximum absolute atomic E-state index is 3.87. The number of hydrogen-bond donors (Lipinski definition) is 2. The molecular weight excluding hydrogens is 328 g/mol. The standard InChI is InChI=1S/C16H27N.C7H15N.C2H6/c1-3-8-14(9-4-2)17-16-12-15(16)13-10-6-5-7-11-13;1-3-4-7(2)5-8-6-7;1-2/h6,10-11,14-17H,3-5,7-9,12H2,1-2H3;8H,3-6H2,1-2H3;1-2H3. The molecule has 3 rings (SSSR count). The van der Waals surface area contributed by atoms with Gasteiger partial charge in [0.25, 0.3) is 0 Å². The summed E-state index contributed by atoms with van der Waals surface area (Å²) in [6, 6.07) is 1.53. The van der Waals surface area contributed by atoms with E-state index in [2.05, 4.69) is 56.6 Å². The minimum Gasteiger partial charge on any atom is -0.316 e. The first-order chi connectivity index (χ1) is 13.1. The van der Waals surface area contributed by atoms with Crippen molar-refractivity contribution in [3.8, 4) is 0 Å². The molecule has 0 aromatic carbocycles. The maximum Gasteiger partial charge on any atom is 0.0145 e. The van der Waals surface area contributed by atoms with E-state index < -0.39 is 0 Å². The minimum absolute atomic E-state index is 0.661. The Labute approximate surface area is 170 Å². The minimum atomic E-state index is 0.661. The summed E-state index contributed by atoms with van der Waals surface area (Å²) < 4.78 is 0. The van der Waals surface area contributed by atoms with Crippen LogP contribution >= 0.6 is 0 Å². The van der Waals surface area contributed by atoms with Crippen molar-refractivity contribution in [2.24, 2.45) is 11.3 Å². The molecule has 2 heteroatoms. The van der Waals surface area contributed by atoms with Crippen LogP contribution in [0.1, 0.15) is 99.3 Å². The van der Waals surface area contributed by atoms with Crippen molar-refractivity contribution >= 4 is 0 Å². The van der Waals surface area contributed by atoms with E-state index in [1.165, 1.54) is 70.9 Å². The molecule has 3 aliphatic rings. The van der Waals surface area contributed by atoms with Crippen molar-refractivity contribution in [3.63, 3.8) is 0 Å². The van der Waals surface area contributed by atoms with Crippen LogP contribution in [0.2, 0.25) is 0 Å². The van der Waals surface area contributed by atoms with Crippen LogP contribution in [0.3, 0.4) is 0 Å². The molecule has 2 N–H and O–H groups in total. The highest BCUT2D eigenvalue weighted by atomic mass is 15.0. The normalized spacial score (nSPS) is 24.8. The number of allylic oxidation sites excluding steroid dienone is 3. The first-order valence-corrected chi connectivity index (χ1v) is 11.9. The molecule has 1 saturated heterocycles. The van der Waals surface area contributed by atoms with E-state index in [0.29, 0.717) is 5.41 Å². The summed E-state index contributed by atoms with van der Waals surface area (Å²) in [5.74, 6) is 0.822. The fourth-order valence-electron chi connectivity index (χ4n) is 4.30. The lowest BCUT2D eigenvalue weighted by molar-refractivity contribution is 0.178. The van der Waals surface area contributed by atoms with Crippen molar-refractivity contribution in [2.45, 2.75) is 111 Å². The average Bonchev–Trinajstić information content (AvgIpc) is 3.43. The summed E-state index contributed by atoms with van der Waals surface area (Å²) in [5, 5.41) is 7.15. The lowest BCUT2D eigenvalue weighted by Gasteiger charge is -2.39. The van der Waals surface area contributed by atoms with Gasteiger partial charge in [0.1, 0.15) is 0 Å². The van der Waals surface area contributed by atoms with Gasteiger partial charge in [0, 0.05) is 31.1 Å². The molecule has 158 valence electrons. The largest absolute Gasteiger partial charge is 0.316 e. The van der Waals surface area contributed by atoms with Crippen LogP contribution in [-0.4, -0.2) is 25.2 Å². The summed E-state index contributed by atoms with van der Waals surface area (Å²) >= 11 is 0. The van der Waals surface area contributed by atoms with Gasteiger partial charge in [0.05, 0.1) is 0 Å². The number of nitrogens with one attached hydrogen (secondary N) is 2. The molecule has 2 fully saturated rings. The van der Waals surface area contributed by atoms with E-state index in [4.69, 9.17) is 0 Å². The SMILES string of the molecule is CC.CCCC(CCC)NC1CC1C1=CCCC=C1.CCCC1(C)CNC1. The van der Waals surface area contributed by atoms with Gasteiger partial charge >= 0.3 is 0 Å². The van der Waals surface area contributed by atoms with Crippen LogP contribution in [0.5, 0.6) is 0 Å². The Hall–Kier alpha value is -0.600. The van der Waals surface area contributed by atoms with Crippen LogP contribution in [-0.2, 0) is 0 Å². The zero-order valence-corrected chi connectivity index (χ0v) is 19.2. The first-order valence-electron chi connectivity index (χ1n) is 11.9. The van der Waals surface area contributed by atoms with Crippen LogP contribution in [0.4, 0.5) is 0 Å². The molecule has 0 spiro atoms. The molecule has 2 aliphatic carbocycles. The van der Waals surface area contributed by atoms with Crippen molar-refractivity contribution in [3.05, 3.63) is 23.8 Å². The number of rotatable bonds is 9. The maximum atomic E-state index is 3.87. The summed E-state index contributed by atoms with van der Waals surface area (Å²) in [4.78, 5) is 0. The van der Waals surface area contributed by atoms with E-state index in [1.54, 1.807) is 5.57 Å². The molecule has 0 bridgehead atoms. The van der Waals surface area contributed by atoms with Crippen molar-refractivity contribution in [2.75, 3.05) is 13.1 Å². The molecule has 1 aliphatic heterocycles. The summed E-state index contributed by atoms with van der Waals surface area (Å²) in [7, 11) is 0. The fraction of sp³-hybridized carbons (Fsp3) is 0.840. The van der Waals surface area contributed by atoms with Gasteiger partial charge in [0.15, 0.2) is 0 Å². The predicted molar refractivity (Wildman–Crippen MR) is 122 cm³/mol. The molecule has 1 saturated carbocycles. The highest BCUT2D eigenvalue weighted by Gasteiger charge is 2.39. The third-order valence-corrected chi connectivity index (χ3v) is 5.92. The van der Waals surface area contributed by atoms with Crippen LogP contribution < -0.4 is 10.6 Å². The molecule has 0 radical (unpaired) electrons. The third kappa shape index (κ3) is 8.96. The van der Waals surface area contributed by atoms with Crippen molar-refractivity contribution < 1.29 is 0 Å². The fourth-order valence-corrected chi connectivity index (χ4v) is 4.30. The molecule has 2 atom stereocenters. The van der Waals surface area contributed by atoms with Gasteiger partial charge in [-0.25, -0.2) is 0 Å². The first kappa shape index (κ1) is 24.4. The van der Waals surface area contributed by atoms with Gasteiger partial charge in [-0.15, -0.1) is 0 Å². The predicted octanol–water partition coefficient (Wildman–Crippen LogP) is 6.63. The summed E-state index contributed by atoms with van der Waals surface area (Å²) in [6.45, 7) is 15.7. The Bertz CT molecular complexity index is 428. The van der Waals surface area contributed by atoms with Crippen LogP contribution in [0.25, 0.3) is 0 Å². The highest BCUT2D eigenvalue weighted by molar-refractivity contribution is 5.31. The Morgan fingerprint density at radius 1 is 1.07 bits per heavy atom. The topological polar surface area (TPSA) is 24.1 Å². The summed E-state index contributed by atoms with van der Waals surface area (Å²) in [5.41, 5.74) is 2.26. The Balaban J connectivity index is 0.000000305. The van der Waals surface area contributed by atoms with Gasteiger partial charge in [-0.2, -0.15) is 0 Å². The van der Waals surface area contributed by atoms with E-state index >= 15 is 0 Å². The lowest BCUT2D eigenvalue weighted by Crippen LogP contribution is -2.51. The summed E-state index contributed by atoms with van der Waals surface area (Å²) in [6.07, 6.45) is 19.0. The molecule has 1 heterocycles. The van der Waals surface area contributed by atoms with Gasteiger partial charge in [-0.3, -0.25) is 0 Å². The third-order valence-electron chi connectivity index (χ3n) is 5.92. The molecule has 2 unspecified atom stereocenters. The molecule has 2 nitrogen and oxygen atoms in total. The van der Waals surface area contributed by atoms with Crippen LogP contribution in [0, 0.1) is 11.3 Å². The molecular formula is C25H48N2. The van der Waals surface area contributed by atoms with Gasteiger partial charge in [-0.05, 0) is 49.5 Å². The Morgan fingerprint density at radius 3 is 2.15 bits per heavy atom. The monoisotopic (exact) mass is 376 g/mol. The quantitative estimate of drug-likeness (QED) is 0.472. The smallest absolute Gasteiger partial charge is 0.0145 e. The second kappa shape index (κ2) is 13.6. The Morgan fingerprint density at radius 2 is 1.74 bits per heavy atom. The molecule has 0 amide bonds. The number of hydrogen-bond acceptors (Lipinski definition) is 2. The van der Waals surface area contributed by atoms with Crippen molar-refractivity contribution in [1.29, 1.82) is 0 Å². The zero-order chi connectivity index (χ0) is 20.1. The van der Waals surface area contributed by atoms with E-state index in [-0.39, 0.29) is 0 Å². The van der Waals surface area contributed by atoms with E-state index in [0.717, 1.165) is 18.0 Å². The highest BCUT2D eigenvalue weighted by Crippen LogP contribution is 2.40. The van der Waals surface area contributed by atoms with Crippen molar-refractivity contribution in [1.82, 2.24) is 10.6 Å². The van der Waals surface area contributed by atoms with Gasteiger partial charge in [0.2, 0.25) is 0 Å². The Kier molecular flexibility index (Phi) is 12.3. The van der Waals surface area contributed by atoms with E-state index in [1.807, 2.05) is 13.8 Å².